The lowest BCUT2D eigenvalue weighted by molar-refractivity contribution is -0.145. The molecule has 0 saturated heterocycles. The summed E-state index contributed by atoms with van der Waals surface area (Å²) >= 11 is 7.92. The van der Waals surface area contributed by atoms with E-state index in [9.17, 15) is 13.2 Å². The number of sulfonamides is 1. The molecule has 0 saturated carbocycles. The van der Waals surface area contributed by atoms with Crippen molar-refractivity contribution in [2.45, 2.75) is 24.8 Å². The van der Waals surface area contributed by atoms with Gasteiger partial charge in [0.2, 0.25) is 0 Å². The van der Waals surface area contributed by atoms with Crippen molar-refractivity contribution in [3.8, 4) is 0 Å². The van der Waals surface area contributed by atoms with Crippen LogP contribution in [0.1, 0.15) is 13.8 Å². The van der Waals surface area contributed by atoms with E-state index in [4.69, 9.17) is 16.3 Å². The van der Waals surface area contributed by atoms with E-state index in [2.05, 4.69) is 22.6 Å². The zero-order valence-electron chi connectivity index (χ0n) is 13.6. The van der Waals surface area contributed by atoms with E-state index < -0.39 is 22.5 Å². The number of halogens is 2. The number of rotatable bonds is 6. The molecule has 0 spiro atoms. The molecule has 0 atom stereocenters. The van der Waals surface area contributed by atoms with Gasteiger partial charge in [-0.1, -0.05) is 17.7 Å². The number of hydrogen-bond donors (Lipinski definition) is 0. The molecule has 2 rings (SSSR count). The zero-order chi connectivity index (χ0) is 18.6. The summed E-state index contributed by atoms with van der Waals surface area (Å²) < 4.78 is 33.1. The highest BCUT2D eigenvalue weighted by Crippen LogP contribution is 2.26. The lowest BCUT2D eigenvalue weighted by Gasteiger charge is -2.24. The molecule has 8 heteroatoms. The third-order valence-corrected chi connectivity index (χ3v) is 5.85. The summed E-state index contributed by atoms with van der Waals surface area (Å²) in [5.41, 5.74) is 0.391. The molecule has 2 aromatic carbocycles. The fraction of sp³-hybridized carbons (Fsp3) is 0.235. The fourth-order valence-electron chi connectivity index (χ4n) is 2.10. The first-order valence-electron chi connectivity index (χ1n) is 7.43. The Morgan fingerprint density at radius 3 is 2.40 bits per heavy atom. The van der Waals surface area contributed by atoms with E-state index in [1.54, 1.807) is 32.0 Å². The van der Waals surface area contributed by atoms with E-state index in [-0.39, 0.29) is 11.0 Å². The maximum absolute atomic E-state index is 13.0. The zero-order valence-corrected chi connectivity index (χ0v) is 17.4. The van der Waals surface area contributed by atoms with Crippen molar-refractivity contribution in [3.63, 3.8) is 0 Å². The molecule has 0 radical (unpaired) electrons. The Morgan fingerprint density at radius 1 is 1.20 bits per heavy atom. The summed E-state index contributed by atoms with van der Waals surface area (Å²) in [4.78, 5) is 12.2. The molecule has 0 aromatic heterocycles. The fourth-order valence-corrected chi connectivity index (χ4v) is 4.15. The molecule has 25 heavy (non-hydrogen) atoms. The van der Waals surface area contributed by atoms with Gasteiger partial charge in [0.15, 0.2) is 0 Å². The van der Waals surface area contributed by atoms with Crippen LogP contribution in [0.2, 0.25) is 5.02 Å². The molecule has 0 amide bonds. The van der Waals surface area contributed by atoms with Crippen molar-refractivity contribution < 1.29 is 17.9 Å². The van der Waals surface area contributed by atoms with Crippen LogP contribution in [0.3, 0.4) is 0 Å². The summed E-state index contributed by atoms with van der Waals surface area (Å²) in [5.74, 6) is -0.619. The summed E-state index contributed by atoms with van der Waals surface area (Å²) in [6.07, 6.45) is -0.330. The highest BCUT2D eigenvalue weighted by atomic mass is 127. The van der Waals surface area contributed by atoms with E-state index in [0.717, 1.165) is 7.88 Å². The van der Waals surface area contributed by atoms with Gasteiger partial charge in [0.25, 0.3) is 10.0 Å². The standard InChI is InChI=1S/C17H17ClINO4S/c1-12(2)24-17(21)11-20(15-5-3-4-14(19)10-15)25(22,23)16-8-6-13(18)7-9-16/h3-10,12H,11H2,1-2H3. The molecule has 0 fully saturated rings. The highest BCUT2D eigenvalue weighted by Gasteiger charge is 2.28. The van der Waals surface area contributed by atoms with Crippen LogP contribution in [-0.4, -0.2) is 27.0 Å². The van der Waals surface area contributed by atoms with E-state index in [0.29, 0.717) is 10.7 Å². The molecule has 0 aliphatic heterocycles. The van der Waals surface area contributed by atoms with Crippen molar-refractivity contribution in [3.05, 3.63) is 57.1 Å². The molecule has 0 aliphatic rings. The summed E-state index contributed by atoms with van der Waals surface area (Å²) in [6, 6.07) is 12.7. The van der Waals surface area contributed by atoms with Gasteiger partial charge in [-0.2, -0.15) is 0 Å². The van der Waals surface area contributed by atoms with Gasteiger partial charge in [-0.15, -0.1) is 0 Å². The number of carbonyl (C=O) groups is 1. The van der Waals surface area contributed by atoms with Crippen LogP contribution < -0.4 is 4.31 Å². The minimum absolute atomic E-state index is 0.0492. The molecule has 0 aliphatic carbocycles. The second kappa shape index (κ2) is 8.37. The summed E-state index contributed by atoms with van der Waals surface area (Å²) in [7, 11) is -3.95. The predicted octanol–water partition coefficient (Wildman–Crippen LogP) is 4.09. The normalized spacial score (nSPS) is 11.4. The van der Waals surface area contributed by atoms with Gasteiger partial charge in [-0.05, 0) is 78.9 Å². The topological polar surface area (TPSA) is 63.7 Å². The van der Waals surface area contributed by atoms with Crippen LogP contribution in [0.15, 0.2) is 53.4 Å². The van der Waals surface area contributed by atoms with Gasteiger partial charge in [0.05, 0.1) is 16.7 Å². The molecule has 134 valence electrons. The van der Waals surface area contributed by atoms with Crippen molar-refractivity contribution in [1.82, 2.24) is 0 Å². The summed E-state index contributed by atoms with van der Waals surface area (Å²) in [5, 5.41) is 0.430. The quantitative estimate of drug-likeness (QED) is 0.449. The van der Waals surface area contributed by atoms with Crippen molar-refractivity contribution in [2.75, 3.05) is 10.8 Å². The van der Waals surface area contributed by atoms with E-state index >= 15 is 0 Å². The average molecular weight is 494 g/mol. The predicted molar refractivity (Wildman–Crippen MR) is 106 cm³/mol. The molecule has 0 N–H and O–H groups in total. The Bertz CT molecular complexity index is 853. The maximum atomic E-state index is 13.0. The smallest absolute Gasteiger partial charge is 0.327 e. The first-order chi connectivity index (χ1) is 11.7. The molecular formula is C17H17ClINO4S. The van der Waals surface area contributed by atoms with Gasteiger partial charge in [0.1, 0.15) is 6.54 Å². The van der Waals surface area contributed by atoms with Crippen molar-refractivity contribution in [1.29, 1.82) is 0 Å². The SMILES string of the molecule is CC(C)OC(=O)CN(c1cccc(I)c1)S(=O)(=O)c1ccc(Cl)cc1. The lowest BCUT2D eigenvalue weighted by Crippen LogP contribution is -2.37. The van der Waals surface area contributed by atoms with Crippen LogP contribution in [0.25, 0.3) is 0 Å². The molecular weight excluding hydrogens is 477 g/mol. The number of hydrogen-bond acceptors (Lipinski definition) is 4. The third kappa shape index (κ3) is 5.32. The Morgan fingerprint density at radius 2 is 1.84 bits per heavy atom. The van der Waals surface area contributed by atoms with Crippen LogP contribution in [0.5, 0.6) is 0 Å². The molecule has 5 nitrogen and oxygen atoms in total. The van der Waals surface area contributed by atoms with E-state index in [1.807, 2.05) is 6.07 Å². The first kappa shape index (κ1) is 20.0. The minimum atomic E-state index is -3.95. The number of carbonyl (C=O) groups excluding carboxylic acids is 1. The largest absolute Gasteiger partial charge is 0.462 e. The number of benzene rings is 2. The van der Waals surface area contributed by atoms with Crippen LogP contribution in [0, 0.1) is 3.57 Å². The van der Waals surface area contributed by atoms with Crippen molar-refractivity contribution >= 4 is 55.9 Å². The summed E-state index contributed by atoms with van der Waals surface area (Å²) in [6.45, 7) is 3.01. The van der Waals surface area contributed by atoms with Gasteiger partial charge in [-0.25, -0.2) is 8.42 Å². The lowest BCUT2D eigenvalue weighted by atomic mass is 10.3. The minimum Gasteiger partial charge on any atom is -0.462 e. The molecule has 0 heterocycles. The second-order valence-electron chi connectivity index (χ2n) is 5.48. The van der Waals surface area contributed by atoms with Gasteiger partial charge < -0.3 is 4.74 Å². The first-order valence-corrected chi connectivity index (χ1v) is 10.3. The van der Waals surface area contributed by atoms with Crippen LogP contribution in [0.4, 0.5) is 5.69 Å². The molecule has 2 aromatic rings. The Kier molecular flexibility index (Phi) is 6.70. The van der Waals surface area contributed by atoms with Crippen LogP contribution in [-0.2, 0) is 19.6 Å². The third-order valence-electron chi connectivity index (χ3n) is 3.14. The second-order valence-corrected chi connectivity index (χ2v) is 9.03. The Hall–Kier alpha value is -1.32. The van der Waals surface area contributed by atoms with Crippen LogP contribution >= 0.6 is 34.2 Å². The average Bonchev–Trinajstić information content (AvgIpc) is 2.52. The number of ether oxygens (including phenoxy) is 1. The monoisotopic (exact) mass is 493 g/mol. The number of anilines is 1. The van der Waals surface area contributed by atoms with Gasteiger partial charge in [0, 0.05) is 8.59 Å². The van der Waals surface area contributed by atoms with Gasteiger partial charge in [-0.3, -0.25) is 9.10 Å². The van der Waals surface area contributed by atoms with Gasteiger partial charge >= 0.3 is 5.97 Å². The molecule has 0 bridgehead atoms. The Balaban J connectivity index is 2.46. The van der Waals surface area contributed by atoms with Crippen molar-refractivity contribution in [2.24, 2.45) is 0 Å². The maximum Gasteiger partial charge on any atom is 0.327 e. The highest BCUT2D eigenvalue weighted by molar-refractivity contribution is 14.1. The van der Waals surface area contributed by atoms with E-state index in [1.165, 1.54) is 24.3 Å². The molecule has 0 unspecified atom stereocenters. The number of esters is 1. The number of nitrogens with zero attached hydrogens (tertiary/aromatic N) is 1. The Labute approximate surface area is 166 Å².